The van der Waals surface area contributed by atoms with Gasteiger partial charge in [-0.05, 0) is 25.9 Å². The number of unbranched alkanes of at least 4 members (excludes halogenated alkanes) is 2. The third kappa shape index (κ3) is 6.46. The summed E-state index contributed by atoms with van der Waals surface area (Å²) in [5.74, 6) is 0. The highest BCUT2D eigenvalue weighted by molar-refractivity contribution is 4.77. The molecule has 0 unspecified atom stereocenters. The molecule has 0 atom stereocenters. The maximum atomic E-state index is 9.30. The van der Waals surface area contributed by atoms with Crippen LogP contribution in [0.15, 0.2) is 0 Å². The van der Waals surface area contributed by atoms with Crippen LogP contribution in [0, 0.1) is 5.41 Å². The van der Waals surface area contributed by atoms with E-state index in [1.54, 1.807) is 0 Å². The molecule has 0 amide bonds. The van der Waals surface area contributed by atoms with Gasteiger partial charge in [0.2, 0.25) is 0 Å². The first-order valence-electron chi connectivity index (χ1n) is 6.56. The number of hydrogen-bond donors (Lipinski definition) is 2. The summed E-state index contributed by atoms with van der Waals surface area (Å²) in [6.07, 6.45) is 4.77. The van der Waals surface area contributed by atoms with Gasteiger partial charge in [-0.25, -0.2) is 0 Å². The van der Waals surface area contributed by atoms with Crippen molar-refractivity contribution in [2.45, 2.75) is 46.5 Å². The van der Waals surface area contributed by atoms with Gasteiger partial charge < -0.3 is 15.1 Å². The van der Waals surface area contributed by atoms with E-state index in [-0.39, 0.29) is 18.6 Å². The second-order valence-electron chi connectivity index (χ2n) is 5.11. The molecule has 0 aliphatic heterocycles. The molecule has 98 valence electrons. The van der Waals surface area contributed by atoms with Crippen molar-refractivity contribution in [1.29, 1.82) is 0 Å². The van der Waals surface area contributed by atoms with Gasteiger partial charge in [-0.2, -0.15) is 0 Å². The predicted molar refractivity (Wildman–Crippen MR) is 68.5 cm³/mol. The van der Waals surface area contributed by atoms with Gasteiger partial charge in [0.05, 0.1) is 13.2 Å². The molecule has 0 aromatic heterocycles. The molecular formula is C13H29NO2. The maximum Gasteiger partial charge on any atom is 0.0519 e. The summed E-state index contributed by atoms with van der Waals surface area (Å²) in [7, 11) is 0. The number of nitrogens with zero attached hydrogens (tertiary/aromatic N) is 1. The highest BCUT2D eigenvalue weighted by Gasteiger charge is 2.25. The Labute approximate surface area is 100 Å². The molecule has 0 spiro atoms. The van der Waals surface area contributed by atoms with Crippen molar-refractivity contribution >= 4 is 0 Å². The van der Waals surface area contributed by atoms with Crippen molar-refractivity contribution in [2.24, 2.45) is 5.41 Å². The molecule has 3 nitrogen and oxygen atoms in total. The Morgan fingerprint density at radius 1 is 0.938 bits per heavy atom. The van der Waals surface area contributed by atoms with E-state index < -0.39 is 0 Å². The number of aliphatic hydroxyl groups excluding tert-OH is 2. The van der Waals surface area contributed by atoms with E-state index in [1.807, 2.05) is 6.92 Å². The minimum atomic E-state index is -0.360. The largest absolute Gasteiger partial charge is 0.396 e. The van der Waals surface area contributed by atoms with Crippen molar-refractivity contribution < 1.29 is 10.2 Å². The molecule has 0 aliphatic carbocycles. The monoisotopic (exact) mass is 231 g/mol. The first-order valence-corrected chi connectivity index (χ1v) is 6.56. The first kappa shape index (κ1) is 15.9. The van der Waals surface area contributed by atoms with E-state index >= 15 is 0 Å². The molecule has 16 heavy (non-hydrogen) atoms. The van der Waals surface area contributed by atoms with Crippen molar-refractivity contribution in [3.63, 3.8) is 0 Å². The Hall–Kier alpha value is -0.120. The fraction of sp³-hybridized carbons (Fsp3) is 1.00. The summed E-state index contributed by atoms with van der Waals surface area (Å²) in [6, 6.07) is 0. The summed E-state index contributed by atoms with van der Waals surface area (Å²) in [5, 5.41) is 18.6. The molecule has 0 heterocycles. The Morgan fingerprint density at radius 3 is 1.69 bits per heavy atom. The van der Waals surface area contributed by atoms with Crippen LogP contribution in [-0.2, 0) is 0 Å². The lowest BCUT2D eigenvalue weighted by atomic mass is 9.92. The zero-order chi connectivity index (χ0) is 12.4. The predicted octanol–water partition coefficient (Wildman–Crippen LogP) is 1.88. The lowest BCUT2D eigenvalue weighted by molar-refractivity contribution is 0.0343. The van der Waals surface area contributed by atoms with Crippen LogP contribution in [-0.4, -0.2) is 48.0 Å². The van der Waals surface area contributed by atoms with Gasteiger partial charge in [0.15, 0.2) is 0 Å². The molecule has 0 aliphatic rings. The average Bonchev–Trinajstić information content (AvgIpc) is 2.32. The lowest BCUT2D eigenvalue weighted by Gasteiger charge is -2.32. The van der Waals surface area contributed by atoms with Gasteiger partial charge in [-0.3, -0.25) is 0 Å². The third-order valence-electron chi connectivity index (χ3n) is 3.02. The topological polar surface area (TPSA) is 43.7 Å². The van der Waals surface area contributed by atoms with Crippen molar-refractivity contribution in [1.82, 2.24) is 4.90 Å². The van der Waals surface area contributed by atoms with Crippen LogP contribution in [0.5, 0.6) is 0 Å². The Bertz CT molecular complexity index is 150. The maximum absolute atomic E-state index is 9.30. The van der Waals surface area contributed by atoms with Crippen LogP contribution in [0.1, 0.15) is 46.5 Å². The third-order valence-corrected chi connectivity index (χ3v) is 3.02. The summed E-state index contributed by atoms with van der Waals surface area (Å²) in [4.78, 5) is 2.37. The van der Waals surface area contributed by atoms with Gasteiger partial charge >= 0.3 is 0 Å². The number of rotatable bonds is 10. The summed E-state index contributed by atoms with van der Waals surface area (Å²) >= 11 is 0. The van der Waals surface area contributed by atoms with Gasteiger partial charge in [0.1, 0.15) is 0 Å². The standard InChI is InChI=1S/C13H29NO2/c1-4-6-8-14(9-7-5-2)10-13(3,11-15)12-16/h15-16H,4-12H2,1-3H3. The van der Waals surface area contributed by atoms with E-state index in [1.165, 1.54) is 25.7 Å². The van der Waals surface area contributed by atoms with Crippen LogP contribution in [0.3, 0.4) is 0 Å². The highest BCUT2D eigenvalue weighted by atomic mass is 16.3. The fourth-order valence-corrected chi connectivity index (χ4v) is 1.72. The first-order chi connectivity index (χ1) is 7.61. The Morgan fingerprint density at radius 2 is 1.38 bits per heavy atom. The zero-order valence-corrected chi connectivity index (χ0v) is 11.2. The van der Waals surface area contributed by atoms with Gasteiger partial charge in [0, 0.05) is 12.0 Å². The SMILES string of the molecule is CCCCN(CCCC)CC(C)(CO)CO. The molecule has 0 bridgehead atoms. The van der Waals surface area contributed by atoms with Gasteiger partial charge in [-0.15, -0.1) is 0 Å². The molecule has 3 heteroatoms. The Balaban J connectivity index is 4.15. The number of hydrogen-bond acceptors (Lipinski definition) is 3. The minimum Gasteiger partial charge on any atom is -0.396 e. The molecule has 0 aromatic carbocycles. The van der Waals surface area contributed by atoms with E-state index in [4.69, 9.17) is 0 Å². The van der Waals surface area contributed by atoms with Crippen LogP contribution >= 0.6 is 0 Å². The second-order valence-corrected chi connectivity index (χ2v) is 5.11. The normalized spacial score (nSPS) is 12.4. The van der Waals surface area contributed by atoms with Crippen LogP contribution < -0.4 is 0 Å². The number of aliphatic hydroxyl groups is 2. The molecule has 0 radical (unpaired) electrons. The molecular weight excluding hydrogens is 202 g/mol. The smallest absolute Gasteiger partial charge is 0.0519 e. The van der Waals surface area contributed by atoms with Gasteiger partial charge in [-0.1, -0.05) is 33.6 Å². The zero-order valence-electron chi connectivity index (χ0n) is 11.2. The van der Waals surface area contributed by atoms with Crippen LogP contribution in [0.25, 0.3) is 0 Å². The fourth-order valence-electron chi connectivity index (χ4n) is 1.72. The van der Waals surface area contributed by atoms with E-state index in [0.717, 1.165) is 19.6 Å². The molecule has 0 rings (SSSR count). The molecule has 0 saturated carbocycles. The summed E-state index contributed by atoms with van der Waals surface area (Å²) in [5.41, 5.74) is -0.360. The van der Waals surface area contributed by atoms with E-state index in [0.29, 0.717) is 0 Å². The van der Waals surface area contributed by atoms with E-state index in [9.17, 15) is 10.2 Å². The van der Waals surface area contributed by atoms with Crippen molar-refractivity contribution in [2.75, 3.05) is 32.8 Å². The van der Waals surface area contributed by atoms with Crippen LogP contribution in [0.4, 0.5) is 0 Å². The van der Waals surface area contributed by atoms with Gasteiger partial charge in [0.25, 0.3) is 0 Å². The molecule has 0 saturated heterocycles. The van der Waals surface area contributed by atoms with E-state index in [2.05, 4.69) is 18.7 Å². The quantitative estimate of drug-likeness (QED) is 0.603. The molecule has 0 aromatic rings. The average molecular weight is 231 g/mol. The van der Waals surface area contributed by atoms with Crippen molar-refractivity contribution in [3.8, 4) is 0 Å². The summed E-state index contributed by atoms with van der Waals surface area (Å²) in [6.45, 7) is 9.37. The highest BCUT2D eigenvalue weighted by Crippen LogP contribution is 2.17. The minimum absolute atomic E-state index is 0.0538. The lowest BCUT2D eigenvalue weighted by Crippen LogP contribution is -2.41. The second kappa shape index (κ2) is 8.97. The van der Waals surface area contributed by atoms with Crippen molar-refractivity contribution in [3.05, 3.63) is 0 Å². The molecule has 0 fully saturated rings. The summed E-state index contributed by atoms with van der Waals surface area (Å²) < 4.78 is 0. The van der Waals surface area contributed by atoms with Crippen LogP contribution in [0.2, 0.25) is 0 Å². The Kier molecular flexibility index (Phi) is 8.90. The molecule has 2 N–H and O–H groups in total.